The Hall–Kier alpha value is -0.550. The molecule has 0 aromatic heterocycles. The molecule has 2 heteroatoms. The van der Waals surface area contributed by atoms with Crippen LogP contribution < -0.4 is 0 Å². The summed E-state index contributed by atoms with van der Waals surface area (Å²) >= 11 is 1.45. The first kappa shape index (κ1) is 9.45. The molecule has 0 amide bonds. The van der Waals surface area contributed by atoms with Crippen molar-refractivity contribution in [3.8, 4) is 5.92 Å². The molecule has 0 heterocycles. The number of rotatable bonds is 0. The van der Waals surface area contributed by atoms with Crippen LogP contribution in [0.5, 0.6) is 0 Å². The van der Waals surface area contributed by atoms with Crippen LogP contribution in [0.3, 0.4) is 0 Å². The number of hydrogen-bond donors (Lipinski definition) is 0. The van der Waals surface area contributed by atoms with Crippen molar-refractivity contribution in [2.45, 2.75) is 0 Å². The van der Waals surface area contributed by atoms with Gasteiger partial charge in [0.15, 0.2) is 0 Å². The van der Waals surface area contributed by atoms with Crippen LogP contribution in [0, 0.1) is 12.3 Å². The van der Waals surface area contributed by atoms with E-state index in [-0.39, 0.29) is 0 Å². The van der Waals surface area contributed by atoms with Crippen molar-refractivity contribution in [2.24, 2.45) is 0 Å². The van der Waals surface area contributed by atoms with Crippen LogP contribution in [0.2, 0.25) is 0 Å². The van der Waals surface area contributed by atoms with Crippen LogP contribution in [0.1, 0.15) is 5.56 Å². The van der Waals surface area contributed by atoms with Gasteiger partial charge in [-0.1, -0.05) is 18.2 Å². The molecule has 0 unspecified atom stereocenters. The minimum absolute atomic E-state index is 0.826. The van der Waals surface area contributed by atoms with Crippen molar-refractivity contribution in [3.05, 3.63) is 42.3 Å². The van der Waals surface area contributed by atoms with Crippen molar-refractivity contribution in [3.63, 3.8) is 0 Å². The number of benzene rings is 1. The SMILES string of the molecule is [C-]#Cc1ccccc1.[F][Ag]. The third-order valence-electron chi connectivity index (χ3n) is 0.918. The molecule has 10 heavy (non-hydrogen) atoms. The molecule has 0 atom stereocenters. The second-order valence-corrected chi connectivity index (χ2v) is 1.49. The Morgan fingerprint density at radius 1 is 1.20 bits per heavy atom. The molecule has 1 rings (SSSR count). The van der Waals surface area contributed by atoms with E-state index in [1.54, 1.807) is 0 Å². The average Bonchev–Trinajstić information content (AvgIpc) is 2.10. The Morgan fingerprint density at radius 3 is 2.00 bits per heavy atom. The molecule has 1 aromatic rings. The molecule has 0 bridgehead atoms. The normalized spacial score (nSPS) is 7.00. The molecule has 0 spiro atoms. The number of halogens is 1. The Bertz CT molecular complexity index is 200. The summed E-state index contributed by atoms with van der Waals surface area (Å²) < 4.78 is 9.31. The third-order valence-corrected chi connectivity index (χ3v) is 0.918. The number of hydrogen-bond acceptors (Lipinski definition) is 0. The molecule has 1 aromatic carbocycles. The summed E-state index contributed by atoms with van der Waals surface area (Å²) in [6.45, 7) is 0. The maximum absolute atomic E-state index is 9.31. The van der Waals surface area contributed by atoms with E-state index in [4.69, 9.17) is 6.42 Å². The quantitative estimate of drug-likeness (QED) is 0.362. The first-order valence-electron chi connectivity index (χ1n) is 2.52. The fourth-order valence-electron chi connectivity index (χ4n) is 0.521. The average molecular weight is 228 g/mol. The van der Waals surface area contributed by atoms with E-state index in [2.05, 4.69) is 5.92 Å². The van der Waals surface area contributed by atoms with Crippen LogP contribution in [0.25, 0.3) is 0 Å². The van der Waals surface area contributed by atoms with Crippen molar-refractivity contribution >= 4 is 0 Å². The molecule has 0 saturated heterocycles. The first-order chi connectivity index (χ1) is 4.93. The maximum atomic E-state index is 9.31. The van der Waals surface area contributed by atoms with Gasteiger partial charge < -0.3 is 6.42 Å². The van der Waals surface area contributed by atoms with Gasteiger partial charge in [-0.2, -0.15) is 0 Å². The van der Waals surface area contributed by atoms with Crippen molar-refractivity contribution in [1.29, 1.82) is 0 Å². The van der Waals surface area contributed by atoms with Crippen molar-refractivity contribution < 1.29 is 24.6 Å². The Labute approximate surface area is 73.1 Å². The molecule has 0 N–H and O–H groups in total. The molecule has 0 saturated carbocycles. The van der Waals surface area contributed by atoms with E-state index in [9.17, 15) is 3.02 Å². The molecule has 0 nitrogen and oxygen atoms in total. The van der Waals surface area contributed by atoms with Crippen LogP contribution >= 0.6 is 0 Å². The van der Waals surface area contributed by atoms with Crippen LogP contribution in [-0.4, -0.2) is 0 Å². The van der Waals surface area contributed by atoms with Gasteiger partial charge in [0.2, 0.25) is 0 Å². The van der Waals surface area contributed by atoms with Gasteiger partial charge in [0.1, 0.15) is 0 Å². The van der Waals surface area contributed by atoms with E-state index in [1.807, 2.05) is 30.3 Å². The molecule has 0 aliphatic heterocycles. The zero-order chi connectivity index (χ0) is 7.82. The molecule has 0 aliphatic rings. The summed E-state index contributed by atoms with van der Waals surface area (Å²) in [4.78, 5) is 0. The second-order valence-electron chi connectivity index (χ2n) is 1.49. The van der Waals surface area contributed by atoms with Gasteiger partial charge in [-0.25, -0.2) is 0 Å². The summed E-state index contributed by atoms with van der Waals surface area (Å²) in [6.07, 6.45) is 6.69. The van der Waals surface area contributed by atoms with Gasteiger partial charge in [0, 0.05) is 0 Å². The van der Waals surface area contributed by atoms with E-state index in [0.29, 0.717) is 0 Å². The predicted octanol–water partition coefficient (Wildman–Crippen LogP) is 2.04. The van der Waals surface area contributed by atoms with Crippen LogP contribution in [0.4, 0.5) is 3.02 Å². The van der Waals surface area contributed by atoms with E-state index in [0.717, 1.165) is 5.56 Å². The fraction of sp³-hybridized carbons (Fsp3) is 0. The Morgan fingerprint density at radius 2 is 1.70 bits per heavy atom. The second kappa shape index (κ2) is 6.57. The Kier molecular flexibility index (Phi) is 6.21. The van der Waals surface area contributed by atoms with Gasteiger partial charge in [-0.3, -0.25) is 5.92 Å². The summed E-state index contributed by atoms with van der Waals surface area (Å²) in [5.41, 5.74) is 0.826. The van der Waals surface area contributed by atoms with Gasteiger partial charge >= 0.3 is 24.6 Å². The minimum atomic E-state index is 0.826. The molecule has 0 aliphatic carbocycles. The molecular weight excluding hydrogens is 223 g/mol. The predicted molar refractivity (Wildman–Crippen MR) is 33.8 cm³/mol. The monoisotopic (exact) mass is 227 g/mol. The first-order valence-corrected chi connectivity index (χ1v) is 3.08. The summed E-state index contributed by atoms with van der Waals surface area (Å²) in [5, 5.41) is 0. The van der Waals surface area contributed by atoms with E-state index in [1.165, 1.54) is 21.6 Å². The Balaban J connectivity index is 0.000000371. The standard InChI is InChI=1S/C8H5.Ag.FH/c1-2-8-6-4-3-5-7-8;;/h3-7H;;1H/q-1;+1;/p-1. The molecule has 0 fully saturated rings. The molecule has 0 radical (unpaired) electrons. The summed E-state index contributed by atoms with van der Waals surface area (Å²) in [5.74, 6) is 2.28. The summed E-state index contributed by atoms with van der Waals surface area (Å²) in [7, 11) is 0. The van der Waals surface area contributed by atoms with Crippen molar-refractivity contribution in [1.82, 2.24) is 0 Å². The van der Waals surface area contributed by atoms with Gasteiger partial charge in [-0.05, 0) is 0 Å². The summed E-state index contributed by atoms with van der Waals surface area (Å²) in [6, 6.07) is 9.37. The topological polar surface area (TPSA) is 0 Å². The van der Waals surface area contributed by atoms with Crippen molar-refractivity contribution in [2.75, 3.05) is 0 Å². The third kappa shape index (κ3) is 3.47. The molecule has 56 valence electrons. The fourth-order valence-corrected chi connectivity index (χ4v) is 0.521. The van der Waals surface area contributed by atoms with E-state index >= 15 is 0 Å². The van der Waals surface area contributed by atoms with E-state index < -0.39 is 0 Å². The van der Waals surface area contributed by atoms with Crippen LogP contribution in [-0.2, 0) is 21.6 Å². The zero-order valence-corrected chi connectivity index (χ0v) is 6.55. The van der Waals surface area contributed by atoms with Gasteiger partial charge in [0.05, 0.1) is 0 Å². The zero-order valence-electron chi connectivity index (χ0n) is 5.07. The van der Waals surface area contributed by atoms with Gasteiger partial charge in [-0.15, -0.1) is 17.7 Å². The van der Waals surface area contributed by atoms with Gasteiger partial charge in [0.25, 0.3) is 0 Å². The molecular formula is C8H5AgF-. The van der Waals surface area contributed by atoms with Crippen LogP contribution in [0.15, 0.2) is 30.3 Å².